The second-order valence-corrected chi connectivity index (χ2v) is 7.53. The van der Waals surface area contributed by atoms with E-state index in [2.05, 4.69) is 28.5 Å². The largest absolute Gasteiger partial charge is 0.311 e. The summed E-state index contributed by atoms with van der Waals surface area (Å²) in [7, 11) is 1.77. The number of nitrogens with zero attached hydrogens (tertiary/aromatic N) is 5. The lowest BCUT2D eigenvalue weighted by molar-refractivity contribution is -0.116. The zero-order valence-corrected chi connectivity index (χ0v) is 14.1. The van der Waals surface area contributed by atoms with Gasteiger partial charge in [-0.05, 0) is 29.0 Å². The van der Waals surface area contributed by atoms with Crippen LogP contribution in [-0.2, 0) is 11.8 Å². The van der Waals surface area contributed by atoms with E-state index in [1.54, 1.807) is 11.7 Å². The standard InChI is InChI=1S/C14H17N5OS2/c1-10-7-8-19(11-5-3-4-6-12(11)22-10)13(20)9-21-14-15-16-17-18(14)2/h3-6,10H,7-9H2,1-2H3/t10-/m0/s1. The highest BCUT2D eigenvalue weighted by molar-refractivity contribution is 8.00. The molecule has 1 aromatic heterocycles. The summed E-state index contributed by atoms with van der Waals surface area (Å²) in [6.45, 7) is 2.96. The first-order valence-electron chi connectivity index (χ1n) is 7.06. The zero-order valence-electron chi connectivity index (χ0n) is 12.5. The maximum absolute atomic E-state index is 12.6. The van der Waals surface area contributed by atoms with Crippen molar-refractivity contribution in [1.82, 2.24) is 20.2 Å². The molecule has 1 atom stereocenters. The molecule has 1 amide bonds. The minimum Gasteiger partial charge on any atom is -0.311 e. The predicted molar refractivity (Wildman–Crippen MR) is 88.3 cm³/mol. The fraction of sp³-hybridized carbons (Fsp3) is 0.429. The van der Waals surface area contributed by atoms with Crippen molar-refractivity contribution >= 4 is 35.1 Å². The fourth-order valence-corrected chi connectivity index (χ4v) is 4.13. The van der Waals surface area contributed by atoms with Gasteiger partial charge in [-0.2, -0.15) is 0 Å². The van der Waals surface area contributed by atoms with E-state index in [1.807, 2.05) is 34.9 Å². The first-order valence-corrected chi connectivity index (χ1v) is 8.93. The van der Waals surface area contributed by atoms with Gasteiger partial charge in [-0.25, -0.2) is 4.68 Å². The summed E-state index contributed by atoms with van der Waals surface area (Å²) in [5.74, 6) is 0.428. The van der Waals surface area contributed by atoms with Crippen molar-refractivity contribution in [2.24, 2.45) is 7.05 Å². The third kappa shape index (κ3) is 3.27. The van der Waals surface area contributed by atoms with E-state index in [4.69, 9.17) is 0 Å². The van der Waals surface area contributed by atoms with Gasteiger partial charge in [0.25, 0.3) is 0 Å². The summed E-state index contributed by atoms with van der Waals surface area (Å²) in [6, 6.07) is 8.11. The smallest absolute Gasteiger partial charge is 0.237 e. The number of para-hydroxylation sites is 1. The maximum atomic E-state index is 12.6. The van der Waals surface area contributed by atoms with Gasteiger partial charge in [0, 0.05) is 23.7 Å². The van der Waals surface area contributed by atoms with Crippen molar-refractivity contribution in [1.29, 1.82) is 0 Å². The van der Waals surface area contributed by atoms with Crippen LogP contribution in [0.4, 0.5) is 5.69 Å². The third-order valence-electron chi connectivity index (χ3n) is 3.45. The normalized spacial score (nSPS) is 17.9. The molecule has 1 aliphatic rings. The minimum atomic E-state index is 0.0927. The lowest BCUT2D eigenvalue weighted by atomic mass is 10.2. The molecule has 8 heteroatoms. The summed E-state index contributed by atoms with van der Waals surface area (Å²) in [4.78, 5) is 15.7. The Hall–Kier alpha value is -1.54. The number of benzene rings is 1. The summed E-state index contributed by atoms with van der Waals surface area (Å²) < 4.78 is 1.58. The molecule has 0 unspecified atom stereocenters. The van der Waals surface area contributed by atoms with Crippen molar-refractivity contribution < 1.29 is 4.79 Å². The Morgan fingerprint density at radius 1 is 1.45 bits per heavy atom. The van der Waals surface area contributed by atoms with Gasteiger partial charge >= 0.3 is 0 Å². The Morgan fingerprint density at radius 2 is 2.27 bits per heavy atom. The second kappa shape index (κ2) is 6.70. The van der Waals surface area contributed by atoms with Crippen LogP contribution in [0, 0.1) is 0 Å². The molecule has 22 heavy (non-hydrogen) atoms. The molecule has 0 spiro atoms. The van der Waals surface area contributed by atoms with Crippen molar-refractivity contribution in [2.75, 3.05) is 17.2 Å². The topological polar surface area (TPSA) is 63.9 Å². The van der Waals surface area contributed by atoms with Crippen LogP contribution in [0.15, 0.2) is 34.3 Å². The lowest BCUT2D eigenvalue weighted by Gasteiger charge is -2.22. The Bertz CT molecular complexity index is 675. The van der Waals surface area contributed by atoms with Crippen molar-refractivity contribution in [2.45, 2.75) is 28.6 Å². The molecule has 1 aliphatic heterocycles. The molecule has 2 heterocycles. The number of tetrazole rings is 1. The van der Waals surface area contributed by atoms with Crippen molar-refractivity contribution in [3.05, 3.63) is 24.3 Å². The molecular weight excluding hydrogens is 318 g/mol. The van der Waals surface area contributed by atoms with Crippen LogP contribution in [0.2, 0.25) is 0 Å². The average molecular weight is 335 g/mol. The number of carbonyl (C=O) groups excluding carboxylic acids is 1. The molecule has 0 saturated carbocycles. The van der Waals surface area contributed by atoms with Gasteiger partial charge in [0.2, 0.25) is 11.1 Å². The SMILES string of the molecule is C[C@H]1CCN(C(=O)CSc2nnnn2C)c2ccccc2S1. The lowest BCUT2D eigenvalue weighted by Crippen LogP contribution is -2.33. The van der Waals surface area contributed by atoms with E-state index in [1.165, 1.54) is 16.7 Å². The Labute approximate surface area is 137 Å². The third-order valence-corrected chi connectivity index (χ3v) is 5.68. The van der Waals surface area contributed by atoms with Crippen LogP contribution in [0.1, 0.15) is 13.3 Å². The Kier molecular flexibility index (Phi) is 4.68. The zero-order chi connectivity index (χ0) is 15.5. The highest BCUT2D eigenvalue weighted by Crippen LogP contribution is 2.37. The van der Waals surface area contributed by atoms with Gasteiger partial charge in [-0.1, -0.05) is 30.8 Å². The number of aromatic nitrogens is 4. The van der Waals surface area contributed by atoms with Gasteiger partial charge in [0.1, 0.15) is 0 Å². The molecular formula is C14H17N5OS2. The van der Waals surface area contributed by atoms with E-state index in [0.29, 0.717) is 16.2 Å². The molecule has 6 nitrogen and oxygen atoms in total. The predicted octanol–water partition coefficient (Wildman–Crippen LogP) is 2.22. The summed E-state index contributed by atoms with van der Waals surface area (Å²) in [6.07, 6.45) is 0.987. The maximum Gasteiger partial charge on any atom is 0.237 e. The number of aryl methyl sites for hydroxylation is 1. The summed E-state index contributed by atoms with van der Waals surface area (Å²) >= 11 is 3.20. The van der Waals surface area contributed by atoms with E-state index in [0.717, 1.165) is 18.7 Å². The number of anilines is 1. The highest BCUT2D eigenvalue weighted by atomic mass is 32.2. The molecule has 2 aromatic rings. The van der Waals surface area contributed by atoms with E-state index < -0.39 is 0 Å². The quantitative estimate of drug-likeness (QED) is 0.802. The highest BCUT2D eigenvalue weighted by Gasteiger charge is 2.24. The molecule has 3 rings (SSSR count). The number of hydrogen-bond acceptors (Lipinski definition) is 6. The van der Waals surface area contributed by atoms with Crippen LogP contribution in [0.5, 0.6) is 0 Å². The number of fused-ring (bicyclic) bond motifs is 1. The van der Waals surface area contributed by atoms with E-state index in [-0.39, 0.29) is 5.91 Å². The number of amides is 1. The molecule has 0 radical (unpaired) electrons. The van der Waals surface area contributed by atoms with E-state index >= 15 is 0 Å². The van der Waals surface area contributed by atoms with Crippen LogP contribution in [0.3, 0.4) is 0 Å². The summed E-state index contributed by atoms with van der Waals surface area (Å²) in [5, 5.41) is 12.4. The summed E-state index contributed by atoms with van der Waals surface area (Å²) in [5.41, 5.74) is 1.01. The van der Waals surface area contributed by atoms with Crippen LogP contribution in [0.25, 0.3) is 0 Å². The number of hydrogen-bond donors (Lipinski definition) is 0. The van der Waals surface area contributed by atoms with Gasteiger partial charge in [-0.15, -0.1) is 16.9 Å². The van der Waals surface area contributed by atoms with E-state index in [9.17, 15) is 4.79 Å². The number of thioether (sulfide) groups is 2. The molecule has 0 N–H and O–H groups in total. The Morgan fingerprint density at radius 3 is 3.05 bits per heavy atom. The molecule has 0 aliphatic carbocycles. The monoisotopic (exact) mass is 335 g/mol. The molecule has 0 bridgehead atoms. The molecule has 116 valence electrons. The van der Waals surface area contributed by atoms with Crippen LogP contribution < -0.4 is 4.90 Å². The first kappa shape index (κ1) is 15.4. The minimum absolute atomic E-state index is 0.0927. The fourth-order valence-electron chi connectivity index (χ4n) is 2.29. The molecule has 1 aromatic carbocycles. The van der Waals surface area contributed by atoms with Gasteiger partial charge in [0.05, 0.1) is 11.4 Å². The van der Waals surface area contributed by atoms with Crippen LogP contribution >= 0.6 is 23.5 Å². The first-order chi connectivity index (χ1) is 10.6. The van der Waals surface area contributed by atoms with Crippen LogP contribution in [-0.4, -0.2) is 43.7 Å². The van der Waals surface area contributed by atoms with Gasteiger partial charge in [0.15, 0.2) is 0 Å². The van der Waals surface area contributed by atoms with Crippen molar-refractivity contribution in [3.63, 3.8) is 0 Å². The molecule has 0 saturated heterocycles. The number of rotatable bonds is 3. The number of carbonyl (C=O) groups is 1. The Balaban J connectivity index is 1.75. The van der Waals surface area contributed by atoms with Crippen molar-refractivity contribution in [3.8, 4) is 0 Å². The van der Waals surface area contributed by atoms with Gasteiger partial charge < -0.3 is 4.90 Å². The molecule has 0 fully saturated rings. The van der Waals surface area contributed by atoms with Gasteiger partial charge in [-0.3, -0.25) is 4.79 Å². The average Bonchev–Trinajstić information content (AvgIpc) is 2.83. The second-order valence-electron chi connectivity index (χ2n) is 5.10.